The quantitative estimate of drug-likeness (QED) is 0.226. The summed E-state index contributed by atoms with van der Waals surface area (Å²) in [6.07, 6.45) is -4.56. The van der Waals surface area contributed by atoms with Crippen LogP contribution in [0.4, 0.5) is 13.2 Å². The predicted molar refractivity (Wildman–Crippen MR) is 118 cm³/mol. The molecular formula is C26H19ClF3NO. The highest BCUT2D eigenvalue weighted by molar-refractivity contribution is 6.30. The van der Waals surface area contributed by atoms with Crippen LogP contribution in [0.2, 0.25) is 5.15 Å². The summed E-state index contributed by atoms with van der Waals surface area (Å²) in [5.41, 5.74) is 0.987. The number of hydrogen-bond donors (Lipinski definition) is 0. The van der Waals surface area contributed by atoms with Crippen LogP contribution >= 0.6 is 11.6 Å². The van der Waals surface area contributed by atoms with Gasteiger partial charge in [-0.15, -0.1) is 0 Å². The van der Waals surface area contributed by atoms with E-state index in [1.165, 1.54) is 6.07 Å². The van der Waals surface area contributed by atoms with Crippen molar-refractivity contribution in [3.63, 3.8) is 0 Å². The normalized spacial score (nSPS) is 12.0. The monoisotopic (exact) mass is 453 g/mol. The predicted octanol–water partition coefficient (Wildman–Crippen LogP) is 7.26. The van der Waals surface area contributed by atoms with Gasteiger partial charge in [-0.25, -0.2) is 4.98 Å². The molecule has 2 nitrogen and oxygen atoms in total. The Bertz CT molecular complexity index is 1070. The lowest BCUT2D eigenvalue weighted by atomic mass is 9.80. The lowest BCUT2D eigenvalue weighted by Gasteiger charge is -2.36. The Kier molecular flexibility index (Phi) is 6.31. The Morgan fingerprint density at radius 3 is 1.47 bits per heavy atom. The van der Waals surface area contributed by atoms with Crippen molar-refractivity contribution in [3.8, 4) is 0 Å². The number of hydrogen-bond acceptors (Lipinski definition) is 2. The molecule has 4 aromatic rings. The van der Waals surface area contributed by atoms with E-state index < -0.39 is 22.5 Å². The summed E-state index contributed by atoms with van der Waals surface area (Å²) in [4.78, 5) is 3.94. The van der Waals surface area contributed by atoms with E-state index in [-0.39, 0.29) is 6.61 Å². The van der Waals surface area contributed by atoms with Crippen LogP contribution in [0.5, 0.6) is 0 Å². The number of nitrogens with zero attached hydrogens (tertiary/aromatic N) is 1. The molecule has 3 aromatic carbocycles. The van der Waals surface area contributed by atoms with Crippen molar-refractivity contribution in [3.05, 3.63) is 136 Å². The van der Waals surface area contributed by atoms with Crippen molar-refractivity contribution in [2.24, 2.45) is 0 Å². The minimum Gasteiger partial charge on any atom is -0.355 e. The third-order valence-electron chi connectivity index (χ3n) is 5.19. The van der Waals surface area contributed by atoms with Gasteiger partial charge < -0.3 is 4.74 Å². The van der Waals surface area contributed by atoms with E-state index in [4.69, 9.17) is 16.3 Å². The number of pyridine rings is 1. The Morgan fingerprint density at radius 1 is 0.656 bits per heavy atom. The fourth-order valence-electron chi connectivity index (χ4n) is 3.71. The number of halogens is 4. The highest BCUT2D eigenvalue weighted by Crippen LogP contribution is 2.41. The molecule has 0 radical (unpaired) electrons. The van der Waals surface area contributed by atoms with Crippen molar-refractivity contribution in [2.45, 2.75) is 18.4 Å². The summed E-state index contributed by atoms with van der Waals surface area (Å²) < 4.78 is 45.7. The van der Waals surface area contributed by atoms with E-state index in [9.17, 15) is 13.2 Å². The van der Waals surface area contributed by atoms with E-state index in [0.717, 1.165) is 22.8 Å². The van der Waals surface area contributed by atoms with Crippen LogP contribution in [0.3, 0.4) is 0 Å². The minimum atomic E-state index is -4.56. The summed E-state index contributed by atoms with van der Waals surface area (Å²) >= 11 is 5.83. The van der Waals surface area contributed by atoms with Gasteiger partial charge in [0.1, 0.15) is 10.8 Å². The maximum atomic E-state index is 13.1. The van der Waals surface area contributed by atoms with E-state index in [0.29, 0.717) is 5.69 Å². The summed E-state index contributed by atoms with van der Waals surface area (Å²) in [7, 11) is 0. The van der Waals surface area contributed by atoms with Crippen molar-refractivity contribution < 1.29 is 17.9 Å². The minimum absolute atomic E-state index is 0.0451. The third kappa shape index (κ3) is 4.40. The third-order valence-corrected chi connectivity index (χ3v) is 5.48. The van der Waals surface area contributed by atoms with E-state index in [1.807, 2.05) is 91.0 Å². The maximum Gasteiger partial charge on any atom is 0.419 e. The van der Waals surface area contributed by atoms with Crippen LogP contribution in [-0.2, 0) is 23.1 Å². The molecule has 0 fully saturated rings. The van der Waals surface area contributed by atoms with Gasteiger partial charge in [-0.2, -0.15) is 13.2 Å². The number of benzene rings is 3. The van der Waals surface area contributed by atoms with Crippen molar-refractivity contribution >= 4 is 11.6 Å². The molecule has 0 unspecified atom stereocenters. The molecule has 0 bridgehead atoms. The molecule has 0 spiro atoms. The van der Waals surface area contributed by atoms with Gasteiger partial charge in [-0.3, -0.25) is 0 Å². The molecule has 32 heavy (non-hydrogen) atoms. The van der Waals surface area contributed by atoms with Crippen LogP contribution in [0.25, 0.3) is 0 Å². The van der Waals surface area contributed by atoms with Crippen molar-refractivity contribution in [1.29, 1.82) is 0 Å². The van der Waals surface area contributed by atoms with Gasteiger partial charge in [-0.1, -0.05) is 103 Å². The van der Waals surface area contributed by atoms with E-state index >= 15 is 0 Å². The molecule has 4 rings (SSSR count). The zero-order chi connectivity index (χ0) is 22.6. The first-order valence-electron chi connectivity index (χ1n) is 9.94. The molecule has 1 heterocycles. The van der Waals surface area contributed by atoms with Crippen LogP contribution in [0, 0.1) is 0 Å². The first-order valence-corrected chi connectivity index (χ1v) is 10.3. The van der Waals surface area contributed by atoms with E-state index in [1.54, 1.807) is 0 Å². The molecule has 0 aliphatic heterocycles. The number of aromatic nitrogens is 1. The topological polar surface area (TPSA) is 22.1 Å². The zero-order valence-corrected chi connectivity index (χ0v) is 17.6. The van der Waals surface area contributed by atoms with Gasteiger partial charge in [0.2, 0.25) is 0 Å². The summed E-state index contributed by atoms with van der Waals surface area (Å²) in [5, 5.41) is -0.594. The van der Waals surface area contributed by atoms with Gasteiger partial charge in [0.05, 0.1) is 17.9 Å². The van der Waals surface area contributed by atoms with E-state index in [2.05, 4.69) is 4.98 Å². The number of alkyl halides is 3. The molecule has 162 valence electrons. The molecule has 0 aliphatic rings. The molecule has 0 N–H and O–H groups in total. The van der Waals surface area contributed by atoms with Gasteiger partial charge >= 0.3 is 6.18 Å². The highest BCUT2D eigenvalue weighted by Gasteiger charge is 2.38. The molecular weight excluding hydrogens is 435 g/mol. The molecule has 0 saturated carbocycles. The second kappa shape index (κ2) is 9.15. The molecule has 6 heteroatoms. The average Bonchev–Trinajstić information content (AvgIpc) is 2.81. The van der Waals surface area contributed by atoms with Crippen LogP contribution in [0.1, 0.15) is 27.9 Å². The summed E-state index contributed by atoms with van der Waals surface area (Å²) in [6.45, 7) is -0.0451. The van der Waals surface area contributed by atoms with Crippen LogP contribution in [-0.4, -0.2) is 4.98 Å². The van der Waals surface area contributed by atoms with Crippen molar-refractivity contribution in [1.82, 2.24) is 4.98 Å². The average molecular weight is 454 g/mol. The van der Waals surface area contributed by atoms with Crippen molar-refractivity contribution in [2.75, 3.05) is 0 Å². The Hall–Kier alpha value is -3.15. The lowest BCUT2D eigenvalue weighted by Crippen LogP contribution is -2.33. The first kappa shape index (κ1) is 22.1. The second-order valence-electron chi connectivity index (χ2n) is 7.21. The Labute approximate surface area is 189 Å². The maximum absolute atomic E-state index is 13.1. The molecule has 0 amide bonds. The fraction of sp³-hybridized carbons (Fsp3) is 0.115. The lowest BCUT2D eigenvalue weighted by molar-refractivity contribution is -0.137. The molecule has 1 aromatic heterocycles. The Morgan fingerprint density at radius 2 is 1.09 bits per heavy atom. The second-order valence-corrected chi connectivity index (χ2v) is 7.56. The van der Waals surface area contributed by atoms with Gasteiger partial charge in [0, 0.05) is 0 Å². The standard InChI is InChI=1S/C26H19ClF3NO/c27-24-23(26(28,29)30)17-16-22(31-24)18-32-25(19-10-4-1-5-11-19,20-12-6-2-7-13-20)21-14-8-3-9-15-21/h1-17H,18H2. The van der Waals surface area contributed by atoms with Crippen LogP contribution < -0.4 is 0 Å². The zero-order valence-electron chi connectivity index (χ0n) is 16.9. The largest absolute Gasteiger partial charge is 0.419 e. The molecule has 0 atom stereocenters. The molecule has 0 aliphatic carbocycles. The smallest absolute Gasteiger partial charge is 0.355 e. The van der Waals surface area contributed by atoms with Crippen LogP contribution in [0.15, 0.2) is 103 Å². The van der Waals surface area contributed by atoms with Gasteiger partial charge in [0.15, 0.2) is 0 Å². The summed E-state index contributed by atoms with van der Waals surface area (Å²) in [5.74, 6) is 0. The summed E-state index contributed by atoms with van der Waals surface area (Å²) in [6, 6.07) is 31.3. The number of ether oxygens (including phenoxy) is 1. The number of rotatable bonds is 6. The van der Waals surface area contributed by atoms with Gasteiger partial charge in [0.25, 0.3) is 0 Å². The molecule has 0 saturated heterocycles. The van der Waals surface area contributed by atoms with Gasteiger partial charge in [-0.05, 0) is 28.8 Å². The highest BCUT2D eigenvalue weighted by atomic mass is 35.5. The fourth-order valence-corrected chi connectivity index (χ4v) is 3.99. The first-order chi connectivity index (χ1) is 15.4. The SMILES string of the molecule is FC(F)(F)c1ccc(COC(c2ccccc2)(c2ccccc2)c2ccccc2)nc1Cl. The Balaban J connectivity index is 1.81.